The predicted molar refractivity (Wildman–Crippen MR) is 94.5 cm³/mol. The molecule has 2 fully saturated rings. The summed E-state index contributed by atoms with van der Waals surface area (Å²) in [6.45, 7) is 8.98. The van der Waals surface area contributed by atoms with Gasteiger partial charge in [-0.3, -0.25) is 19.3 Å². The second-order valence-electron chi connectivity index (χ2n) is 6.69. The lowest BCUT2D eigenvalue weighted by molar-refractivity contribution is -0.156. The molecular formula is C16H31ClN2O5. The van der Waals surface area contributed by atoms with Crippen LogP contribution in [0.25, 0.3) is 0 Å². The number of ether oxygens (including phenoxy) is 1. The minimum absolute atomic E-state index is 0. The van der Waals surface area contributed by atoms with Gasteiger partial charge in [0.15, 0.2) is 0 Å². The van der Waals surface area contributed by atoms with Crippen molar-refractivity contribution in [3.8, 4) is 0 Å². The highest BCUT2D eigenvalue weighted by atomic mass is 35.5. The average molecular weight is 367 g/mol. The fourth-order valence-corrected chi connectivity index (χ4v) is 2.22. The number of halogens is 1. The van der Waals surface area contributed by atoms with Crippen LogP contribution in [0.15, 0.2) is 0 Å². The molecule has 2 rings (SSSR count). The first-order valence-corrected chi connectivity index (χ1v) is 7.94. The molecule has 0 radical (unpaired) electrons. The Labute approximate surface area is 150 Å². The van der Waals surface area contributed by atoms with Gasteiger partial charge in [-0.1, -0.05) is 0 Å². The zero-order chi connectivity index (χ0) is 16.6. The maximum atomic E-state index is 11.5. The number of carbonyl (C=O) groups excluding carboxylic acids is 3. The van der Waals surface area contributed by atoms with E-state index in [0.717, 1.165) is 25.9 Å². The van der Waals surface area contributed by atoms with E-state index >= 15 is 0 Å². The third-order valence-corrected chi connectivity index (χ3v) is 3.35. The van der Waals surface area contributed by atoms with E-state index in [4.69, 9.17) is 4.74 Å². The standard InChI is InChI=1S/C11H19NO3.C5H9NO.ClH.H2O/c1-11(2,3)15-10(14)8-12-6-4-9(13)5-7-12;7-5-1-3-6-4-2-5;;/h4-8H2,1-3H3;6H,1-4H2;1H;1H2. The molecule has 0 aromatic rings. The molecule has 142 valence electrons. The van der Waals surface area contributed by atoms with E-state index in [-0.39, 0.29) is 29.6 Å². The lowest BCUT2D eigenvalue weighted by Crippen LogP contribution is -2.39. The van der Waals surface area contributed by atoms with Gasteiger partial charge in [-0.25, -0.2) is 0 Å². The monoisotopic (exact) mass is 366 g/mol. The summed E-state index contributed by atoms with van der Waals surface area (Å²) in [5.74, 6) is 0.478. The summed E-state index contributed by atoms with van der Waals surface area (Å²) in [6, 6.07) is 0. The Morgan fingerprint density at radius 2 is 1.50 bits per heavy atom. The van der Waals surface area contributed by atoms with Crippen molar-refractivity contribution in [2.24, 2.45) is 0 Å². The number of rotatable bonds is 2. The molecule has 3 N–H and O–H groups in total. The molecule has 24 heavy (non-hydrogen) atoms. The van der Waals surface area contributed by atoms with E-state index in [1.54, 1.807) is 0 Å². The van der Waals surface area contributed by atoms with E-state index in [9.17, 15) is 14.4 Å². The zero-order valence-corrected chi connectivity index (χ0v) is 15.7. The van der Waals surface area contributed by atoms with Crippen molar-refractivity contribution >= 4 is 29.9 Å². The second-order valence-corrected chi connectivity index (χ2v) is 6.69. The van der Waals surface area contributed by atoms with Gasteiger partial charge < -0.3 is 15.5 Å². The molecule has 0 spiro atoms. The molecule has 0 aliphatic carbocycles. The molecule has 0 atom stereocenters. The molecule has 0 amide bonds. The zero-order valence-electron chi connectivity index (χ0n) is 14.9. The molecule has 0 saturated carbocycles. The van der Waals surface area contributed by atoms with Crippen LogP contribution in [0.1, 0.15) is 46.5 Å². The highest BCUT2D eigenvalue weighted by Crippen LogP contribution is 2.09. The largest absolute Gasteiger partial charge is 0.459 e. The smallest absolute Gasteiger partial charge is 0.320 e. The van der Waals surface area contributed by atoms with Gasteiger partial charge in [0.2, 0.25) is 0 Å². The number of piperidine rings is 2. The first-order valence-electron chi connectivity index (χ1n) is 7.94. The Balaban J connectivity index is 0. The van der Waals surface area contributed by atoms with Crippen LogP contribution in [0.3, 0.4) is 0 Å². The van der Waals surface area contributed by atoms with Gasteiger partial charge >= 0.3 is 5.97 Å². The Morgan fingerprint density at radius 3 is 1.88 bits per heavy atom. The van der Waals surface area contributed by atoms with Crippen molar-refractivity contribution in [2.75, 3.05) is 32.7 Å². The predicted octanol–water partition coefficient (Wildman–Crippen LogP) is 0.529. The normalized spacial score (nSPS) is 18.5. The summed E-state index contributed by atoms with van der Waals surface area (Å²) in [6.07, 6.45) is 2.59. The van der Waals surface area contributed by atoms with Crippen molar-refractivity contribution < 1.29 is 24.6 Å². The third-order valence-electron chi connectivity index (χ3n) is 3.35. The van der Waals surface area contributed by atoms with Crippen molar-refractivity contribution in [3.05, 3.63) is 0 Å². The highest BCUT2D eigenvalue weighted by molar-refractivity contribution is 5.85. The van der Waals surface area contributed by atoms with Gasteiger partial charge in [-0.05, 0) is 20.8 Å². The molecule has 2 aliphatic rings. The summed E-state index contributed by atoms with van der Waals surface area (Å²) in [4.78, 5) is 34.8. The minimum Gasteiger partial charge on any atom is -0.459 e. The molecule has 2 aliphatic heterocycles. The van der Waals surface area contributed by atoms with Crippen LogP contribution in [0.5, 0.6) is 0 Å². The lowest BCUT2D eigenvalue weighted by Gasteiger charge is -2.27. The number of nitrogens with zero attached hydrogens (tertiary/aromatic N) is 1. The average Bonchev–Trinajstić information content (AvgIpc) is 2.41. The number of esters is 1. The Bertz CT molecular complexity index is 392. The fraction of sp³-hybridized carbons (Fsp3) is 0.812. The Morgan fingerprint density at radius 1 is 1.04 bits per heavy atom. The summed E-state index contributed by atoms with van der Waals surface area (Å²) in [7, 11) is 0. The number of likely N-dealkylation sites (tertiary alicyclic amines) is 1. The van der Waals surface area contributed by atoms with Gasteiger partial charge in [0.05, 0.1) is 6.54 Å². The highest BCUT2D eigenvalue weighted by Gasteiger charge is 2.22. The van der Waals surface area contributed by atoms with Crippen molar-refractivity contribution in [3.63, 3.8) is 0 Å². The van der Waals surface area contributed by atoms with E-state index in [1.807, 2.05) is 25.7 Å². The fourth-order valence-electron chi connectivity index (χ4n) is 2.22. The minimum atomic E-state index is -0.428. The quantitative estimate of drug-likeness (QED) is 0.714. The van der Waals surface area contributed by atoms with Crippen LogP contribution in [-0.4, -0.2) is 66.2 Å². The van der Waals surface area contributed by atoms with Gasteiger partial charge in [-0.15, -0.1) is 12.4 Å². The molecule has 0 aromatic heterocycles. The number of hydrogen-bond donors (Lipinski definition) is 1. The molecule has 2 heterocycles. The van der Waals surface area contributed by atoms with Gasteiger partial charge in [0.1, 0.15) is 17.2 Å². The summed E-state index contributed by atoms with van der Waals surface area (Å²) >= 11 is 0. The van der Waals surface area contributed by atoms with Crippen molar-refractivity contribution in [1.29, 1.82) is 0 Å². The molecule has 8 heteroatoms. The summed E-state index contributed by atoms with van der Waals surface area (Å²) in [5.41, 5.74) is -0.428. The van der Waals surface area contributed by atoms with E-state index < -0.39 is 5.60 Å². The SMILES string of the molecule is CC(C)(C)OC(=O)CN1CCC(=O)CC1.Cl.O.O=C1CCNCC1. The van der Waals surface area contributed by atoms with Crippen molar-refractivity contribution in [2.45, 2.75) is 52.1 Å². The van der Waals surface area contributed by atoms with Gasteiger partial charge in [0, 0.05) is 51.9 Å². The Kier molecular flexibility index (Phi) is 13.0. The molecular weight excluding hydrogens is 336 g/mol. The van der Waals surface area contributed by atoms with E-state index in [0.29, 0.717) is 38.3 Å². The summed E-state index contributed by atoms with van der Waals surface area (Å²) < 4.78 is 5.20. The van der Waals surface area contributed by atoms with Crippen LogP contribution < -0.4 is 5.32 Å². The van der Waals surface area contributed by atoms with Gasteiger partial charge in [-0.2, -0.15) is 0 Å². The number of carbonyl (C=O) groups is 3. The number of hydrogen-bond acceptors (Lipinski definition) is 6. The topological polar surface area (TPSA) is 107 Å². The molecule has 7 nitrogen and oxygen atoms in total. The maximum Gasteiger partial charge on any atom is 0.320 e. The van der Waals surface area contributed by atoms with Crippen LogP contribution in [-0.2, 0) is 19.1 Å². The number of Topliss-reactive ketones (excluding diaryl/α,β-unsaturated/α-hetero) is 2. The van der Waals surface area contributed by atoms with Crippen LogP contribution in [0.4, 0.5) is 0 Å². The van der Waals surface area contributed by atoms with E-state index in [2.05, 4.69) is 5.32 Å². The second kappa shape index (κ2) is 12.4. The van der Waals surface area contributed by atoms with Crippen LogP contribution >= 0.6 is 12.4 Å². The first kappa shape index (κ1) is 25.2. The molecule has 0 aromatic carbocycles. The van der Waals surface area contributed by atoms with Crippen LogP contribution in [0.2, 0.25) is 0 Å². The maximum absolute atomic E-state index is 11.5. The molecule has 2 saturated heterocycles. The molecule has 0 unspecified atom stereocenters. The third kappa shape index (κ3) is 12.4. The van der Waals surface area contributed by atoms with E-state index in [1.165, 1.54) is 0 Å². The van der Waals surface area contributed by atoms with Gasteiger partial charge in [0.25, 0.3) is 0 Å². The van der Waals surface area contributed by atoms with Crippen LogP contribution in [0, 0.1) is 0 Å². The first-order chi connectivity index (χ1) is 10.3. The number of nitrogens with one attached hydrogen (secondary N) is 1. The summed E-state index contributed by atoms with van der Waals surface area (Å²) in [5, 5.41) is 3.09. The number of ketones is 2. The molecule has 0 bridgehead atoms. The lowest BCUT2D eigenvalue weighted by atomic mass is 10.1. The Hall–Kier alpha value is -1.02. The van der Waals surface area contributed by atoms with Crippen molar-refractivity contribution in [1.82, 2.24) is 10.2 Å².